The number of likely N-dealkylation sites (N-methyl/N-ethyl adjacent to an activating group) is 1. The van der Waals surface area contributed by atoms with Crippen LogP contribution in [0.15, 0.2) is 18.2 Å². The van der Waals surface area contributed by atoms with Crippen LogP contribution in [0.2, 0.25) is 0 Å². The van der Waals surface area contributed by atoms with Crippen LogP contribution in [0.4, 0.5) is 0 Å². The largest absolute Gasteiger partial charge is 0.349 e. The van der Waals surface area contributed by atoms with Crippen LogP contribution in [-0.4, -0.2) is 24.9 Å². The number of hydrogen-bond acceptors (Lipinski definition) is 1. The summed E-state index contributed by atoms with van der Waals surface area (Å²) in [4.78, 5) is 13.1. The van der Waals surface area contributed by atoms with E-state index < -0.39 is 0 Å². The van der Waals surface area contributed by atoms with Crippen molar-refractivity contribution < 1.29 is 4.79 Å². The van der Waals surface area contributed by atoms with Crippen LogP contribution in [0, 0.1) is 6.92 Å². The molecule has 1 aromatic carbocycles. The lowest BCUT2D eigenvalue weighted by molar-refractivity contribution is -0.127. The van der Waals surface area contributed by atoms with E-state index in [1.807, 2.05) is 6.07 Å². The molecule has 1 aromatic rings. The molecule has 0 saturated carbocycles. The Labute approximate surface area is 91.9 Å². The van der Waals surface area contributed by atoms with Crippen LogP contribution < -0.4 is 0 Å². The van der Waals surface area contributed by atoms with E-state index in [1.165, 1.54) is 11.1 Å². The molecule has 0 aliphatic rings. The van der Waals surface area contributed by atoms with Gasteiger partial charge in [0.15, 0.2) is 0 Å². The molecule has 15 heavy (non-hydrogen) atoms. The molecule has 0 radical (unpaired) electrons. The Morgan fingerprint density at radius 2 is 2.00 bits per heavy atom. The van der Waals surface area contributed by atoms with Gasteiger partial charge >= 0.3 is 0 Å². The predicted molar refractivity (Wildman–Crippen MR) is 63.0 cm³/mol. The van der Waals surface area contributed by atoms with E-state index in [4.69, 9.17) is 0 Å². The van der Waals surface area contributed by atoms with Crippen molar-refractivity contribution in [1.29, 1.82) is 0 Å². The van der Waals surface area contributed by atoms with E-state index in [9.17, 15) is 4.79 Å². The highest BCUT2D eigenvalue weighted by atomic mass is 16.2. The molecular weight excluding hydrogens is 186 g/mol. The van der Waals surface area contributed by atoms with Crippen LogP contribution in [0.5, 0.6) is 0 Å². The fraction of sp³-hybridized carbons (Fsp3) is 0.462. The van der Waals surface area contributed by atoms with Crippen LogP contribution >= 0.6 is 0 Å². The van der Waals surface area contributed by atoms with Gasteiger partial charge in [0.25, 0.3) is 0 Å². The van der Waals surface area contributed by atoms with Crippen molar-refractivity contribution >= 4 is 5.91 Å². The van der Waals surface area contributed by atoms with Crippen LogP contribution in [0.25, 0.3) is 0 Å². The number of aryl methyl sites for hydroxylation is 2. The molecule has 0 saturated heterocycles. The first-order valence-corrected chi connectivity index (χ1v) is 5.33. The van der Waals surface area contributed by atoms with Crippen molar-refractivity contribution in [2.75, 3.05) is 14.1 Å². The van der Waals surface area contributed by atoms with Crippen molar-refractivity contribution in [3.63, 3.8) is 0 Å². The first-order valence-electron chi connectivity index (χ1n) is 5.33. The van der Waals surface area contributed by atoms with Gasteiger partial charge < -0.3 is 4.90 Å². The van der Waals surface area contributed by atoms with Gasteiger partial charge in [-0.2, -0.15) is 0 Å². The zero-order valence-corrected chi connectivity index (χ0v) is 10.0. The molecule has 0 aliphatic carbocycles. The van der Waals surface area contributed by atoms with Crippen molar-refractivity contribution in [3.8, 4) is 0 Å². The Balaban J connectivity index is 2.80. The summed E-state index contributed by atoms with van der Waals surface area (Å²) in [5.74, 6) is 0.152. The molecule has 0 unspecified atom stereocenters. The van der Waals surface area contributed by atoms with Gasteiger partial charge in [0.05, 0.1) is 6.42 Å². The molecule has 0 atom stereocenters. The molecule has 1 amide bonds. The summed E-state index contributed by atoms with van der Waals surface area (Å²) >= 11 is 0. The molecule has 0 N–H and O–H groups in total. The van der Waals surface area contributed by atoms with Crippen LogP contribution in [0.1, 0.15) is 23.6 Å². The first kappa shape index (κ1) is 11.8. The first-order chi connectivity index (χ1) is 7.04. The van der Waals surface area contributed by atoms with Crippen LogP contribution in [-0.2, 0) is 17.6 Å². The molecule has 0 bridgehead atoms. The van der Waals surface area contributed by atoms with Gasteiger partial charge in [0.2, 0.25) is 5.91 Å². The standard InChI is InChI=1S/C13H19NO/c1-5-12-7-6-11(8-10(12)2)9-13(15)14(3)4/h6-8H,5,9H2,1-4H3. The molecule has 0 spiro atoms. The maximum atomic E-state index is 11.5. The molecule has 82 valence electrons. The number of amides is 1. The van der Waals surface area contributed by atoms with Gasteiger partial charge in [-0.05, 0) is 30.0 Å². The SMILES string of the molecule is CCc1ccc(CC(=O)N(C)C)cc1C. The molecule has 2 heteroatoms. The lowest BCUT2D eigenvalue weighted by Crippen LogP contribution is -2.23. The van der Waals surface area contributed by atoms with E-state index in [0.717, 1.165) is 12.0 Å². The number of carbonyl (C=O) groups excluding carboxylic acids is 1. The normalized spacial score (nSPS) is 10.1. The second-order valence-electron chi connectivity index (χ2n) is 4.08. The lowest BCUT2D eigenvalue weighted by Gasteiger charge is -2.11. The second-order valence-corrected chi connectivity index (χ2v) is 4.08. The Bertz CT molecular complexity index is 356. The second kappa shape index (κ2) is 4.96. The molecule has 0 aromatic heterocycles. The smallest absolute Gasteiger partial charge is 0.226 e. The summed E-state index contributed by atoms with van der Waals surface area (Å²) in [6.45, 7) is 4.25. The minimum absolute atomic E-state index is 0.152. The minimum atomic E-state index is 0.152. The predicted octanol–water partition coefficient (Wildman–Crippen LogP) is 2.19. The maximum absolute atomic E-state index is 11.5. The third kappa shape index (κ3) is 3.08. The Hall–Kier alpha value is -1.31. The molecule has 2 nitrogen and oxygen atoms in total. The Morgan fingerprint density at radius 1 is 1.33 bits per heavy atom. The van der Waals surface area contributed by atoms with E-state index in [2.05, 4.69) is 26.0 Å². The average molecular weight is 205 g/mol. The molecule has 1 rings (SSSR count). The summed E-state index contributed by atoms with van der Waals surface area (Å²) in [5.41, 5.74) is 3.74. The summed E-state index contributed by atoms with van der Waals surface area (Å²) in [7, 11) is 3.57. The Kier molecular flexibility index (Phi) is 3.89. The zero-order valence-electron chi connectivity index (χ0n) is 10.0. The van der Waals surface area contributed by atoms with Gasteiger partial charge in [-0.25, -0.2) is 0 Å². The third-order valence-electron chi connectivity index (χ3n) is 2.64. The van der Waals surface area contributed by atoms with Crippen molar-refractivity contribution in [3.05, 3.63) is 34.9 Å². The Morgan fingerprint density at radius 3 is 2.47 bits per heavy atom. The monoisotopic (exact) mass is 205 g/mol. The fourth-order valence-electron chi connectivity index (χ4n) is 1.60. The summed E-state index contributed by atoms with van der Waals surface area (Å²) < 4.78 is 0. The highest BCUT2D eigenvalue weighted by Gasteiger charge is 2.06. The van der Waals surface area contributed by atoms with Gasteiger partial charge in [-0.15, -0.1) is 0 Å². The highest BCUT2D eigenvalue weighted by Crippen LogP contribution is 2.12. The highest BCUT2D eigenvalue weighted by molar-refractivity contribution is 5.78. The number of nitrogens with zero attached hydrogens (tertiary/aromatic N) is 1. The topological polar surface area (TPSA) is 20.3 Å². The van der Waals surface area contributed by atoms with E-state index in [1.54, 1.807) is 19.0 Å². The van der Waals surface area contributed by atoms with Crippen molar-refractivity contribution in [2.45, 2.75) is 26.7 Å². The summed E-state index contributed by atoms with van der Waals surface area (Å²) in [5, 5.41) is 0. The summed E-state index contributed by atoms with van der Waals surface area (Å²) in [6, 6.07) is 6.28. The quantitative estimate of drug-likeness (QED) is 0.740. The molecule has 0 heterocycles. The van der Waals surface area contributed by atoms with E-state index in [0.29, 0.717) is 6.42 Å². The van der Waals surface area contributed by atoms with Crippen molar-refractivity contribution in [1.82, 2.24) is 4.90 Å². The fourth-order valence-corrected chi connectivity index (χ4v) is 1.60. The minimum Gasteiger partial charge on any atom is -0.349 e. The molecule has 0 fully saturated rings. The number of carbonyl (C=O) groups is 1. The zero-order chi connectivity index (χ0) is 11.4. The summed E-state index contributed by atoms with van der Waals surface area (Å²) in [6.07, 6.45) is 1.55. The average Bonchev–Trinajstić information content (AvgIpc) is 2.18. The van der Waals surface area contributed by atoms with Crippen molar-refractivity contribution in [2.24, 2.45) is 0 Å². The van der Waals surface area contributed by atoms with Gasteiger partial charge in [-0.3, -0.25) is 4.79 Å². The molecule has 0 aliphatic heterocycles. The number of hydrogen-bond donors (Lipinski definition) is 0. The van der Waals surface area contributed by atoms with Crippen LogP contribution in [0.3, 0.4) is 0 Å². The van der Waals surface area contributed by atoms with E-state index >= 15 is 0 Å². The number of benzene rings is 1. The van der Waals surface area contributed by atoms with E-state index in [-0.39, 0.29) is 5.91 Å². The maximum Gasteiger partial charge on any atom is 0.226 e. The van der Waals surface area contributed by atoms with Gasteiger partial charge in [-0.1, -0.05) is 25.1 Å². The van der Waals surface area contributed by atoms with Gasteiger partial charge in [0.1, 0.15) is 0 Å². The third-order valence-corrected chi connectivity index (χ3v) is 2.64. The number of rotatable bonds is 3. The lowest BCUT2D eigenvalue weighted by atomic mass is 10.0. The molecular formula is C13H19NO. The van der Waals surface area contributed by atoms with Gasteiger partial charge in [0, 0.05) is 14.1 Å².